The molecule has 4 rings (SSSR count). The summed E-state index contributed by atoms with van der Waals surface area (Å²) in [7, 11) is 0. The highest BCUT2D eigenvalue weighted by Gasteiger charge is 2.54. The second-order valence-corrected chi connectivity index (χ2v) is 8.66. The predicted molar refractivity (Wildman–Crippen MR) is 93.3 cm³/mol. The zero-order chi connectivity index (χ0) is 14.6. The van der Waals surface area contributed by atoms with Gasteiger partial charge in [0.15, 0.2) is 0 Å². The predicted octanol–water partition coefficient (Wildman–Crippen LogP) is 5.93. The molecule has 0 N–H and O–H groups in total. The van der Waals surface area contributed by atoms with Gasteiger partial charge in [-0.15, -0.1) is 19.2 Å². The molecule has 0 bridgehead atoms. The Morgan fingerprint density at radius 3 is 2.95 bits per heavy atom. The molecule has 0 saturated heterocycles. The minimum atomic E-state index is 0.556. The minimum absolute atomic E-state index is 0.556. The Kier molecular flexibility index (Phi) is 3.41. The van der Waals surface area contributed by atoms with Gasteiger partial charge in [-0.1, -0.05) is 30.2 Å². The van der Waals surface area contributed by atoms with Crippen molar-refractivity contribution >= 4 is 12.6 Å². The van der Waals surface area contributed by atoms with Crippen LogP contribution in [-0.4, -0.2) is 0 Å². The largest absolute Gasteiger partial charge is 0.148 e. The number of hydrogen-bond donors (Lipinski definition) is 1. The third-order valence-electron chi connectivity index (χ3n) is 7.43. The smallest absolute Gasteiger partial charge is 0.000969 e. The number of thiol groups is 1. The number of hydrogen-bond acceptors (Lipinski definition) is 1. The van der Waals surface area contributed by atoms with Crippen molar-refractivity contribution in [2.75, 3.05) is 0 Å². The molecule has 0 amide bonds. The van der Waals surface area contributed by atoms with Gasteiger partial charge in [-0.3, -0.25) is 0 Å². The van der Waals surface area contributed by atoms with Crippen LogP contribution in [0.2, 0.25) is 0 Å². The van der Waals surface area contributed by atoms with Gasteiger partial charge in [-0.2, -0.15) is 0 Å². The quantitative estimate of drug-likeness (QED) is 0.450. The summed E-state index contributed by atoms with van der Waals surface area (Å²) in [6.45, 7) is 6.70. The summed E-state index contributed by atoms with van der Waals surface area (Å²) >= 11 is 4.61. The van der Waals surface area contributed by atoms with Gasteiger partial charge in [0.25, 0.3) is 0 Å². The maximum Gasteiger partial charge on any atom is -0.000969 e. The summed E-state index contributed by atoms with van der Waals surface area (Å²) in [6, 6.07) is 0. The first-order valence-electron chi connectivity index (χ1n) is 8.85. The highest BCUT2D eigenvalue weighted by Crippen LogP contribution is 2.63. The van der Waals surface area contributed by atoms with Crippen molar-refractivity contribution in [2.45, 2.75) is 58.3 Å². The van der Waals surface area contributed by atoms with Crippen molar-refractivity contribution in [2.24, 2.45) is 29.1 Å². The molecule has 5 atom stereocenters. The van der Waals surface area contributed by atoms with E-state index in [9.17, 15) is 0 Å². The van der Waals surface area contributed by atoms with Crippen LogP contribution in [-0.2, 0) is 0 Å². The lowest BCUT2D eigenvalue weighted by Gasteiger charge is -2.51. The van der Waals surface area contributed by atoms with Gasteiger partial charge < -0.3 is 0 Å². The summed E-state index contributed by atoms with van der Waals surface area (Å²) in [6.07, 6.45) is 15.5. The fraction of sp³-hybridized carbons (Fsp3) is 0.700. The normalized spacial score (nSPS) is 45.5. The number of fused-ring (bicyclic) bond motifs is 4. The number of allylic oxidation sites excluding steroid dienone is 5. The van der Waals surface area contributed by atoms with Crippen LogP contribution in [0.5, 0.6) is 0 Å². The minimum Gasteiger partial charge on any atom is -0.148 e. The maximum atomic E-state index is 4.61. The lowest BCUT2D eigenvalue weighted by atomic mass is 9.53. The van der Waals surface area contributed by atoms with E-state index in [2.05, 4.69) is 38.3 Å². The molecule has 4 aliphatic carbocycles. The Hall–Kier alpha value is -0.430. The van der Waals surface area contributed by atoms with E-state index in [1.165, 1.54) is 49.9 Å². The zero-order valence-corrected chi connectivity index (χ0v) is 14.2. The van der Waals surface area contributed by atoms with Crippen LogP contribution in [0, 0.1) is 29.1 Å². The molecule has 2 saturated carbocycles. The van der Waals surface area contributed by atoms with E-state index in [1.54, 1.807) is 5.57 Å². The van der Waals surface area contributed by atoms with Crippen molar-refractivity contribution in [3.63, 3.8) is 0 Å². The van der Waals surface area contributed by atoms with Crippen LogP contribution in [0.25, 0.3) is 0 Å². The Labute approximate surface area is 135 Å². The summed E-state index contributed by atoms with van der Waals surface area (Å²) in [4.78, 5) is 1.31. The second kappa shape index (κ2) is 5.05. The van der Waals surface area contributed by atoms with Gasteiger partial charge in [0.2, 0.25) is 0 Å². The van der Waals surface area contributed by atoms with Crippen LogP contribution in [0.4, 0.5) is 0 Å². The van der Waals surface area contributed by atoms with Crippen molar-refractivity contribution < 1.29 is 0 Å². The van der Waals surface area contributed by atoms with Crippen LogP contribution >= 0.6 is 12.6 Å². The van der Waals surface area contributed by atoms with E-state index in [1.807, 2.05) is 5.57 Å². The van der Waals surface area contributed by atoms with Crippen LogP contribution in [0.3, 0.4) is 0 Å². The van der Waals surface area contributed by atoms with Gasteiger partial charge in [-0.05, 0) is 85.4 Å². The SMILES string of the molecule is C=CC1CCC2C3CCC4=C(CC=C(S)C4)C3CCC12C. The molecule has 0 aliphatic heterocycles. The summed E-state index contributed by atoms with van der Waals surface area (Å²) in [5, 5.41) is 0. The highest BCUT2D eigenvalue weighted by atomic mass is 32.1. The molecule has 114 valence electrons. The Morgan fingerprint density at radius 2 is 2.14 bits per heavy atom. The van der Waals surface area contributed by atoms with Crippen molar-refractivity contribution in [3.8, 4) is 0 Å². The molecule has 21 heavy (non-hydrogen) atoms. The van der Waals surface area contributed by atoms with Gasteiger partial charge >= 0.3 is 0 Å². The Morgan fingerprint density at radius 1 is 1.29 bits per heavy atom. The van der Waals surface area contributed by atoms with Crippen molar-refractivity contribution in [1.82, 2.24) is 0 Å². The molecular weight excluding hydrogens is 272 g/mol. The zero-order valence-electron chi connectivity index (χ0n) is 13.3. The first kappa shape index (κ1) is 14.2. The average Bonchev–Trinajstić information content (AvgIpc) is 2.83. The van der Waals surface area contributed by atoms with Gasteiger partial charge in [-0.25, -0.2) is 0 Å². The highest BCUT2D eigenvalue weighted by molar-refractivity contribution is 7.84. The first-order valence-corrected chi connectivity index (χ1v) is 9.29. The monoisotopic (exact) mass is 300 g/mol. The van der Waals surface area contributed by atoms with Crippen molar-refractivity contribution in [3.05, 3.63) is 34.8 Å². The summed E-state index contributed by atoms with van der Waals surface area (Å²) in [5.41, 5.74) is 4.14. The van der Waals surface area contributed by atoms with Crippen molar-refractivity contribution in [1.29, 1.82) is 0 Å². The van der Waals surface area contributed by atoms with Gasteiger partial charge in [0.05, 0.1) is 0 Å². The molecule has 0 aromatic heterocycles. The maximum absolute atomic E-state index is 4.61. The first-order chi connectivity index (χ1) is 10.1. The van der Waals surface area contributed by atoms with E-state index in [0.29, 0.717) is 5.41 Å². The number of rotatable bonds is 1. The van der Waals surface area contributed by atoms with E-state index in [4.69, 9.17) is 0 Å². The van der Waals surface area contributed by atoms with E-state index in [-0.39, 0.29) is 0 Å². The van der Waals surface area contributed by atoms with Crippen LogP contribution in [0.1, 0.15) is 58.3 Å². The molecule has 4 aliphatic rings. The lowest BCUT2D eigenvalue weighted by Crippen LogP contribution is -2.43. The fourth-order valence-electron chi connectivity index (χ4n) is 6.33. The molecular formula is C20H28S. The summed E-state index contributed by atoms with van der Waals surface area (Å²) < 4.78 is 0. The third kappa shape index (κ3) is 2.03. The van der Waals surface area contributed by atoms with Gasteiger partial charge in [0.1, 0.15) is 0 Å². The van der Waals surface area contributed by atoms with E-state index < -0.39 is 0 Å². The van der Waals surface area contributed by atoms with E-state index >= 15 is 0 Å². The van der Waals surface area contributed by atoms with E-state index in [0.717, 1.165) is 30.1 Å². The third-order valence-corrected chi connectivity index (χ3v) is 7.77. The van der Waals surface area contributed by atoms with Crippen LogP contribution in [0.15, 0.2) is 34.8 Å². The average molecular weight is 301 g/mol. The molecule has 0 heterocycles. The molecule has 1 heteroatoms. The molecule has 0 nitrogen and oxygen atoms in total. The van der Waals surface area contributed by atoms with Crippen LogP contribution < -0.4 is 0 Å². The standard InChI is InChI=1S/C20H28S/c1-3-14-5-9-19-18-7-4-13-12-15(21)6-8-16(13)17(18)10-11-20(14,19)2/h3,6,14,17-19,21H,1,4-5,7-12H2,2H3. The Balaban J connectivity index is 1.63. The molecule has 0 spiro atoms. The molecule has 0 radical (unpaired) electrons. The van der Waals surface area contributed by atoms with Gasteiger partial charge in [0, 0.05) is 0 Å². The lowest BCUT2D eigenvalue weighted by molar-refractivity contribution is 0.0257. The molecule has 0 aromatic carbocycles. The summed E-state index contributed by atoms with van der Waals surface area (Å²) in [5.74, 6) is 3.58. The molecule has 0 aromatic rings. The Bertz CT molecular complexity index is 526. The molecule has 5 unspecified atom stereocenters. The second-order valence-electron chi connectivity index (χ2n) is 8.08. The molecule has 2 fully saturated rings. The topological polar surface area (TPSA) is 0 Å². The fourth-order valence-corrected chi connectivity index (χ4v) is 6.61.